The molecule has 1 rings (SSSR count). The normalized spacial score (nSPS) is 14.6. The summed E-state index contributed by atoms with van der Waals surface area (Å²) in [7, 11) is 0. The summed E-state index contributed by atoms with van der Waals surface area (Å²) < 4.78 is 0. The molecule has 0 aromatic carbocycles. The first kappa shape index (κ1) is 11.7. The third-order valence-electron chi connectivity index (χ3n) is 2.44. The molecule has 15 heavy (non-hydrogen) atoms. The van der Waals surface area contributed by atoms with E-state index in [1.165, 1.54) is 0 Å². The van der Waals surface area contributed by atoms with E-state index in [-0.39, 0.29) is 6.42 Å². The van der Waals surface area contributed by atoms with Crippen molar-refractivity contribution in [2.45, 2.75) is 26.4 Å². The number of rotatable bonds is 4. The summed E-state index contributed by atoms with van der Waals surface area (Å²) in [5, 5.41) is 18.5. The minimum Gasteiger partial charge on any atom is -0.481 e. The number of aliphatic hydroxyl groups is 1. The average Bonchev–Trinajstić information content (AvgIpc) is 2.18. The Kier molecular flexibility index (Phi) is 3.80. The van der Waals surface area contributed by atoms with Gasteiger partial charge in [-0.3, -0.25) is 9.78 Å². The van der Waals surface area contributed by atoms with Crippen molar-refractivity contribution in [3.8, 4) is 0 Å². The van der Waals surface area contributed by atoms with Crippen LogP contribution in [0.15, 0.2) is 18.5 Å². The lowest BCUT2D eigenvalue weighted by Gasteiger charge is -2.15. The van der Waals surface area contributed by atoms with Crippen LogP contribution in [0.4, 0.5) is 0 Å². The number of aliphatic hydroxyl groups excluding tert-OH is 1. The molecule has 0 bridgehead atoms. The van der Waals surface area contributed by atoms with E-state index in [1.807, 2.05) is 6.92 Å². The van der Waals surface area contributed by atoms with Crippen LogP contribution in [-0.2, 0) is 4.79 Å². The van der Waals surface area contributed by atoms with E-state index < -0.39 is 18.0 Å². The van der Waals surface area contributed by atoms with Crippen LogP contribution in [0.3, 0.4) is 0 Å². The maximum absolute atomic E-state index is 10.6. The SMILES string of the molecule is Cc1ccncc1C(O)CC(C)C(=O)O. The van der Waals surface area contributed by atoms with Crippen molar-refractivity contribution in [2.24, 2.45) is 5.92 Å². The molecular weight excluding hydrogens is 194 g/mol. The van der Waals surface area contributed by atoms with Gasteiger partial charge in [0.25, 0.3) is 0 Å². The summed E-state index contributed by atoms with van der Waals surface area (Å²) >= 11 is 0. The highest BCUT2D eigenvalue weighted by molar-refractivity contribution is 5.69. The van der Waals surface area contributed by atoms with Crippen LogP contribution >= 0.6 is 0 Å². The first-order valence-corrected chi connectivity index (χ1v) is 4.83. The molecule has 82 valence electrons. The van der Waals surface area contributed by atoms with Gasteiger partial charge < -0.3 is 10.2 Å². The molecule has 4 nitrogen and oxygen atoms in total. The van der Waals surface area contributed by atoms with Crippen LogP contribution in [0.25, 0.3) is 0 Å². The summed E-state index contributed by atoms with van der Waals surface area (Å²) in [5.74, 6) is -1.45. The Hall–Kier alpha value is -1.42. The van der Waals surface area contributed by atoms with Gasteiger partial charge in [0.05, 0.1) is 12.0 Å². The first-order valence-electron chi connectivity index (χ1n) is 4.83. The van der Waals surface area contributed by atoms with Crippen molar-refractivity contribution in [1.82, 2.24) is 4.98 Å². The number of nitrogens with zero attached hydrogens (tertiary/aromatic N) is 1. The quantitative estimate of drug-likeness (QED) is 0.789. The predicted molar refractivity (Wildman–Crippen MR) is 55.4 cm³/mol. The second-order valence-corrected chi connectivity index (χ2v) is 3.72. The van der Waals surface area contributed by atoms with E-state index in [2.05, 4.69) is 4.98 Å². The molecular formula is C11H15NO3. The van der Waals surface area contributed by atoms with Crippen molar-refractivity contribution < 1.29 is 15.0 Å². The van der Waals surface area contributed by atoms with Gasteiger partial charge in [-0.15, -0.1) is 0 Å². The molecule has 0 spiro atoms. The van der Waals surface area contributed by atoms with Crippen molar-refractivity contribution in [1.29, 1.82) is 0 Å². The molecule has 1 aromatic heterocycles. The van der Waals surface area contributed by atoms with Gasteiger partial charge in [-0.2, -0.15) is 0 Å². The zero-order valence-corrected chi connectivity index (χ0v) is 8.84. The van der Waals surface area contributed by atoms with Gasteiger partial charge in [0.1, 0.15) is 0 Å². The molecule has 1 heterocycles. The van der Waals surface area contributed by atoms with E-state index >= 15 is 0 Å². The summed E-state index contributed by atoms with van der Waals surface area (Å²) in [6, 6.07) is 1.80. The highest BCUT2D eigenvalue weighted by Gasteiger charge is 2.18. The lowest BCUT2D eigenvalue weighted by atomic mass is 9.97. The monoisotopic (exact) mass is 209 g/mol. The number of pyridine rings is 1. The highest BCUT2D eigenvalue weighted by Crippen LogP contribution is 2.23. The van der Waals surface area contributed by atoms with E-state index in [1.54, 1.807) is 25.4 Å². The highest BCUT2D eigenvalue weighted by atomic mass is 16.4. The van der Waals surface area contributed by atoms with Crippen molar-refractivity contribution >= 4 is 5.97 Å². The van der Waals surface area contributed by atoms with E-state index in [0.29, 0.717) is 5.56 Å². The maximum atomic E-state index is 10.6. The van der Waals surface area contributed by atoms with E-state index in [0.717, 1.165) is 5.56 Å². The van der Waals surface area contributed by atoms with E-state index in [9.17, 15) is 9.90 Å². The summed E-state index contributed by atoms with van der Waals surface area (Å²) in [6.07, 6.45) is 2.67. The van der Waals surface area contributed by atoms with Crippen LogP contribution in [0, 0.1) is 12.8 Å². The van der Waals surface area contributed by atoms with Gasteiger partial charge in [0, 0.05) is 18.0 Å². The number of aromatic nitrogens is 1. The molecule has 0 aliphatic carbocycles. The molecule has 0 saturated carbocycles. The molecule has 0 saturated heterocycles. The van der Waals surface area contributed by atoms with Gasteiger partial charge in [-0.1, -0.05) is 6.92 Å². The van der Waals surface area contributed by atoms with Crippen molar-refractivity contribution in [2.75, 3.05) is 0 Å². The Labute approximate surface area is 88.6 Å². The summed E-state index contributed by atoms with van der Waals surface area (Å²) in [5.41, 5.74) is 1.63. The zero-order chi connectivity index (χ0) is 11.4. The minimum absolute atomic E-state index is 0.210. The summed E-state index contributed by atoms with van der Waals surface area (Å²) in [4.78, 5) is 14.5. The number of carbonyl (C=O) groups is 1. The fourth-order valence-corrected chi connectivity index (χ4v) is 1.39. The summed E-state index contributed by atoms with van der Waals surface area (Å²) in [6.45, 7) is 3.45. The van der Waals surface area contributed by atoms with Gasteiger partial charge in [0.2, 0.25) is 0 Å². The van der Waals surface area contributed by atoms with Crippen LogP contribution in [0.1, 0.15) is 30.6 Å². The Balaban J connectivity index is 2.73. The molecule has 0 amide bonds. The Bertz CT molecular complexity index is 351. The molecule has 0 fully saturated rings. The lowest BCUT2D eigenvalue weighted by Crippen LogP contribution is -2.14. The Morgan fingerprint density at radius 1 is 1.60 bits per heavy atom. The van der Waals surface area contributed by atoms with Crippen LogP contribution in [0.2, 0.25) is 0 Å². The number of hydrogen-bond acceptors (Lipinski definition) is 3. The predicted octanol–water partition coefficient (Wildman–Crippen LogP) is 1.53. The van der Waals surface area contributed by atoms with Crippen molar-refractivity contribution in [3.05, 3.63) is 29.6 Å². The van der Waals surface area contributed by atoms with Gasteiger partial charge >= 0.3 is 5.97 Å². The minimum atomic E-state index is -0.893. The second kappa shape index (κ2) is 4.89. The third-order valence-corrected chi connectivity index (χ3v) is 2.44. The average molecular weight is 209 g/mol. The molecule has 0 aliphatic rings. The smallest absolute Gasteiger partial charge is 0.306 e. The number of aryl methyl sites for hydroxylation is 1. The van der Waals surface area contributed by atoms with Gasteiger partial charge in [-0.25, -0.2) is 0 Å². The number of aliphatic carboxylic acids is 1. The Morgan fingerprint density at radius 2 is 2.27 bits per heavy atom. The van der Waals surface area contributed by atoms with Crippen molar-refractivity contribution in [3.63, 3.8) is 0 Å². The fourth-order valence-electron chi connectivity index (χ4n) is 1.39. The topological polar surface area (TPSA) is 70.4 Å². The standard InChI is InChI=1S/C11H15NO3/c1-7-3-4-12-6-9(7)10(13)5-8(2)11(14)15/h3-4,6,8,10,13H,5H2,1-2H3,(H,14,15). The van der Waals surface area contributed by atoms with Gasteiger partial charge in [-0.05, 0) is 25.0 Å². The lowest BCUT2D eigenvalue weighted by molar-refractivity contribution is -0.142. The van der Waals surface area contributed by atoms with Crippen LogP contribution in [0.5, 0.6) is 0 Å². The molecule has 2 atom stereocenters. The fraction of sp³-hybridized carbons (Fsp3) is 0.455. The number of hydrogen-bond donors (Lipinski definition) is 2. The Morgan fingerprint density at radius 3 is 2.80 bits per heavy atom. The molecule has 2 N–H and O–H groups in total. The number of carboxylic acid groups (broad SMARTS) is 1. The van der Waals surface area contributed by atoms with Crippen LogP contribution in [-0.4, -0.2) is 21.2 Å². The largest absolute Gasteiger partial charge is 0.481 e. The van der Waals surface area contributed by atoms with E-state index in [4.69, 9.17) is 5.11 Å². The third kappa shape index (κ3) is 3.02. The van der Waals surface area contributed by atoms with Gasteiger partial charge in [0.15, 0.2) is 0 Å². The molecule has 0 radical (unpaired) electrons. The van der Waals surface area contributed by atoms with Crippen LogP contribution < -0.4 is 0 Å². The first-order chi connectivity index (χ1) is 7.02. The maximum Gasteiger partial charge on any atom is 0.306 e. The second-order valence-electron chi connectivity index (χ2n) is 3.72. The molecule has 2 unspecified atom stereocenters. The molecule has 4 heteroatoms. The number of carboxylic acids is 1. The molecule has 1 aromatic rings. The molecule has 0 aliphatic heterocycles. The zero-order valence-electron chi connectivity index (χ0n) is 8.84.